The van der Waals surface area contributed by atoms with Gasteiger partial charge in [0.25, 0.3) is 15.9 Å². The van der Waals surface area contributed by atoms with Crippen molar-refractivity contribution in [1.82, 2.24) is 0 Å². The molecule has 1 amide bonds. The number of esters is 1. The van der Waals surface area contributed by atoms with Gasteiger partial charge in [0, 0.05) is 16.1 Å². The summed E-state index contributed by atoms with van der Waals surface area (Å²) in [5.74, 6) is -0.912. The number of methoxy groups -OCH3 is 1. The fourth-order valence-electron chi connectivity index (χ4n) is 3.52. The van der Waals surface area contributed by atoms with Gasteiger partial charge in [-0.25, -0.2) is 13.2 Å². The molecule has 9 heteroatoms. The topological polar surface area (TPSA) is 102 Å². The first kappa shape index (κ1) is 21.1. The van der Waals surface area contributed by atoms with Crippen molar-refractivity contribution < 1.29 is 22.7 Å². The number of ether oxygens (including phenoxy) is 1. The predicted octanol–water partition coefficient (Wildman–Crippen LogP) is 4.08. The molecular weight excluding hydrogens is 436 g/mol. The van der Waals surface area contributed by atoms with Gasteiger partial charge < -0.3 is 10.1 Å². The lowest BCUT2D eigenvalue weighted by molar-refractivity contribution is 0.0601. The van der Waals surface area contributed by atoms with Crippen molar-refractivity contribution in [1.29, 1.82) is 0 Å². The van der Waals surface area contributed by atoms with E-state index in [4.69, 9.17) is 4.74 Å². The molecule has 0 aliphatic heterocycles. The summed E-state index contributed by atoms with van der Waals surface area (Å²) in [4.78, 5) is 26.3. The van der Waals surface area contributed by atoms with Crippen LogP contribution in [0.5, 0.6) is 0 Å². The quantitative estimate of drug-likeness (QED) is 0.545. The van der Waals surface area contributed by atoms with E-state index < -0.39 is 21.9 Å². The van der Waals surface area contributed by atoms with Crippen molar-refractivity contribution >= 4 is 43.9 Å². The van der Waals surface area contributed by atoms with Crippen LogP contribution in [-0.2, 0) is 27.6 Å². The number of aryl methyl sites for hydroxylation is 1. The maximum atomic E-state index is 12.9. The summed E-state index contributed by atoms with van der Waals surface area (Å²) < 4.78 is 32.5. The van der Waals surface area contributed by atoms with Crippen LogP contribution in [-0.4, -0.2) is 27.4 Å². The lowest BCUT2D eigenvalue weighted by atomic mass is 10.1. The van der Waals surface area contributed by atoms with Gasteiger partial charge in [-0.3, -0.25) is 9.52 Å². The smallest absolute Gasteiger partial charge is 0.341 e. The summed E-state index contributed by atoms with van der Waals surface area (Å²) in [5.41, 5.74) is 1.88. The number of carbonyl (C=O) groups excluding carboxylic acids is 2. The van der Waals surface area contributed by atoms with Crippen molar-refractivity contribution in [3.05, 3.63) is 76.2 Å². The van der Waals surface area contributed by atoms with Crippen LogP contribution in [0.15, 0.2) is 59.5 Å². The Labute approximate surface area is 184 Å². The standard InChI is InChI=1S/C22H20N2O5S2/c1-29-22(26)19-17-11-6-12-18(17)30-21(19)23-20(25)14-7-5-8-15(13-14)24-31(27,28)16-9-3-2-4-10-16/h2-5,7-10,13,24H,6,11-12H2,1H3,(H,23,25). The molecular formula is C22H20N2O5S2. The first-order valence-corrected chi connectivity index (χ1v) is 11.9. The van der Waals surface area contributed by atoms with Gasteiger partial charge in [-0.1, -0.05) is 24.3 Å². The number of hydrogen-bond donors (Lipinski definition) is 2. The number of carbonyl (C=O) groups is 2. The number of thiophene rings is 1. The van der Waals surface area contributed by atoms with Crippen LogP contribution in [0.1, 0.15) is 37.6 Å². The summed E-state index contributed by atoms with van der Waals surface area (Å²) in [5, 5.41) is 3.25. The number of nitrogens with one attached hydrogen (secondary N) is 2. The number of fused-ring (bicyclic) bond motifs is 1. The molecule has 0 spiro atoms. The van der Waals surface area contributed by atoms with E-state index in [1.54, 1.807) is 36.4 Å². The molecule has 2 aromatic carbocycles. The van der Waals surface area contributed by atoms with Crippen LogP contribution in [0.3, 0.4) is 0 Å². The molecule has 0 saturated carbocycles. The van der Waals surface area contributed by atoms with Crippen LogP contribution < -0.4 is 10.0 Å². The summed E-state index contributed by atoms with van der Waals surface area (Å²) in [6, 6.07) is 14.2. The molecule has 0 radical (unpaired) electrons. The number of amides is 1. The molecule has 0 fully saturated rings. The van der Waals surface area contributed by atoms with Gasteiger partial charge in [0.05, 0.1) is 17.6 Å². The average molecular weight is 457 g/mol. The molecule has 1 aliphatic carbocycles. The van der Waals surface area contributed by atoms with E-state index in [0.29, 0.717) is 10.6 Å². The van der Waals surface area contributed by atoms with Gasteiger partial charge >= 0.3 is 5.97 Å². The third-order valence-electron chi connectivity index (χ3n) is 4.97. The summed E-state index contributed by atoms with van der Waals surface area (Å²) >= 11 is 1.38. The molecule has 0 saturated heterocycles. The van der Waals surface area contributed by atoms with Crippen molar-refractivity contribution in [2.24, 2.45) is 0 Å². The van der Waals surface area contributed by atoms with E-state index in [0.717, 1.165) is 29.7 Å². The number of benzene rings is 2. The highest BCUT2D eigenvalue weighted by atomic mass is 32.2. The monoisotopic (exact) mass is 456 g/mol. The van der Waals surface area contributed by atoms with Crippen LogP contribution in [0.25, 0.3) is 0 Å². The third kappa shape index (κ3) is 4.33. The highest BCUT2D eigenvalue weighted by Crippen LogP contribution is 2.39. The second-order valence-electron chi connectivity index (χ2n) is 7.01. The summed E-state index contributed by atoms with van der Waals surface area (Å²) in [6.07, 6.45) is 2.63. The van der Waals surface area contributed by atoms with Crippen LogP contribution in [0, 0.1) is 0 Å². The van der Waals surface area contributed by atoms with Crippen molar-refractivity contribution in [2.45, 2.75) is 24.2 Å². The van der Waals surface area contributed by atoms with Crippen LogP contribution in [0.2, 0.25) is 0 Å². The Morgan fingerprint density at radius 1 is 1.03 bits per heavy atom. The van der Waals surface area contributed by atoms with Gasteiger partial charge in [0.15, 0.2) is 0 Å². The lowest BCUT2D eigenvalue weighted by Gasteiger charge is -2.10. The molecule has 4 rings (SSSR count). The zero-order chi connectivity index (χ0) is 22.0. The van der Waals surface area contributed by atoms with E-state index in [1.807, 2.05) is 0 Å². The highest BCUT2D eigenvalue weighted by Gasteiger charge is 2.28. The lowest BCUT2D eigenvalue weighted by Crippen LogP contribution is -2.16. The molecule has 2 N–H and O–H groups in total. The zero-order valence-electron chi connectivity index (χ0n) is 16.7. The number of sulfonamides is 1. The fraction of sp³-hybridized carbons (Fsp3) is 0.182. The van der Waals surface area contributed by atoms with E-state index in [-0.39, 0.29) is 16.1 Å². The number of hydrogen-bond acceptors (Lipinski definition) is 6. The SMILES string of the molecule is COC(=O)c1c(NC(=O)c2cccc(NS(=O)(=O)c3ccccc3)c2)sc2c1CCC2. The highest BCUT2D eigenvalue weighted by molar-refractivity contribution is 7.92. The first-order chi connectivity index (χ1) is 14.9. The Morgan fingerprint density at radius 2 is 1.81 bits per heavy atom. The molecule has 0 atom stereocenters. The van der Waals surface area contributed by atoms with Gasteiger partial charge in [-0.15, -0.1) is 11.3 Å². The average Bonchev–Trinajstić information content (AvgIpc) is 3.34. The molecule has 1 heterocycles. The van der Waals surface area contributed by atoms with Crippen molar-refractivity contribution in [3.63, 3.8) is 0 Å². The van der Waals surface area contributed by atoms with Crippen LogP contribution >= 0.6 is 11.3 Å². The van der Waals surface area contributed by atoms with Gasteiger partial charge in [0.1, 0.15) is 5.00 Å². The Kier molecular flexibility index (Phi) is 5.79. The van der Waals surface area contributed by atoms with Gasteiger partial charge in [-0.05, 0) is 55.2 Å². The largest absolute Gasteiger partial charge is 0.465 e. The van der Waals surface area contributed by atoms with Gasteiger partial charge in [-0.2, -0.15) is 0 Å². The van der Waals surface area contributed by atoms with Crippen molar-refractivity contribution in [3.8, 4) is 0 Å². The maximum Gasteiger partial charge on any atom is 0.341 e. The zero-order valence-corrected chi connectivity index (χ0v) is 18.3. The number of rotatable bonds is 6. The minimum Gasteiger partial charge on any atom is -0.465 e. The van der Waals surface area contributed by atoms with Crippen molar-refractivity contribution in [2.75, 3.05) is 17.1 Å². The summed E-state index contributed by atoms with van der Waals surface area (Å²) in [6.45, 7) is 0. The van der Waals surface area contributed by atoms with E-state index in [1.165, 1.54) is 36.6 Å². The third-order valence-corrected chi connectivity index (χ3v) is 7.57. The number of anilines is 2. The van der Waals surface area contributed by atoms with E-state index >= 15 is 0 Å². The molecule has 31 heavy (non-hydrogen) atoms. The second kappa shape index (κ2) is 8.52. The minimum absolute atomic E-state index is 0.126. The Morgan fingerprint density at radius 3 is 2.55 bits per heavy atom. The molecule has 7 nitrogen and oxygen atoms in total. The van der Waals surface area contributed by atoms with E-state index in [9.17, 15) is 18.0 Å². The van der Waals surface area contributed by atoms with Crippen LogP contribution in [0.4, 0.5) is 10.7 Å². The van der Waals surface area contributed by atoms with Gasteiger partial charge in [0.2, 0.25) is 0 Å². The Bertz CT molecular complexity index is 1250. The second-order valence-corrected chi connectivity index (χ2v) is 9.79. The van der Waals surface area contributed by atoms with E-state index in [2.05, 4.69) is 10.0 Å². The summed E-state index contributed by atoms with van der Waals surface area (Å²) in [7, 11) is -2.46. The predicted molar refractivity (Wildman–Crippen MR) is 119 cm³/mol. The maximum absolute atomic E-state index is 12.9. The molecule has 1 aromatic heterocycles. The molecule has 1 aliphatic rings. The minimum atomic E-state index is -3.77. The molecule has 0 unspecified atom stereocenters. The molecule has 160 valence electrons. The Balaban J connectivity index is 1.57. The molecule has 0 bridgehead atoms. The first-order valence-electron chi connectivity index (χ1n) is 9.61. The molecule has 3 aromatic rings. The fourth-order valence-corrected chi connectivity index (χ4v) is 5.87. The normalized spacial score (nSPS) is 12.8. The Hall–Kier alpha value is -3.17.